The number of halogens is 2. The molecule has 0 radical (unpaired) electrons. The molecule has 0 atom stereocenters. The van der Waals surface area contributed by atoms with Crippen molar-refractivity contribution in [2.45, 2.75) is 218 Å². The van der Waals surface area contributed by atoms with Gasteiger partial charge in [0.1, 0.15) is 11.0 Å². The molecular weight excluding hydrogens is 1020 g/mol. The molecule has 65 heavy (non-hydrogen) atoms. The highest BCUT2D eigenvalue weighted by atomic mass is 79.9. The predicted molar refractivity (Wildman–Crippen MR) is 300 cm³/mol. The topological polar surface area (TPSA) is 25.8 Å². The smallest absolute Gasteiger partial charge is 0.114 e. The van der Waals surface area contributed by atoms with Gasteiger partial charge in [-0.3, -0.25) is 0 Å². The van der Waals surface area contributed by atoms with Crippen LogP contribution in [-0.2, 0) is 10.8 Å². The minimum absolute atomic E-state index is 0.0987. The van der Waals surface area contributed by atoms with Gasteiger partial charge in [-0.2, -0.15) is 8.75 Å². The van der Waals surface area contributed by atoms with Crippen molar-refractivity contribution in [3.63, 3.8) is 0 Å². The molecule has 6 aromatic rings. The van der Waals surface area contributed by atoms with Gasteiger partial charge in [-0.1, -0.05) is 194 Å². The Morgan fingerprint density at radius 1 is 0.385 bits per heavy atom. The Morgan fingerprint density at radius 3 is 1.02 bits per heavy atom. The Labute approximate surface area is 429 Å². The van der Waals surface area contributed by atoms with Gasteiger partial charge in [0.2, 0.25) is 0 Å². The number of unbranched alkanes of at least 4 members (excludes halogenated alkanes) is 20. The summed E-state index contributed by atoms with van der Waals surface area (Å²) in [6.07, 6.45) is 37.2. The molecule has 0 aliphatic heterocycles. The quantitative estimate of drug-likeness (QED) is 0.0420. The Morgan fingerprint density at radius 2 is 0.677 bits per heavy atom. The Balaban J connectivity index is 1.12. The van der Waals surface area contributed by atoms with Gasteiger partial charge in [0.25, 0.3) is 0 Å². The van der Waals surface area contributed by atoms with Gasteiger partial charge in [0.05, 0.1) is 19.3 Å². The molecule has 5 aromatic heterocycles. The molecule has 0 unspecified atom stereocenters. The lowest BCUT2D eigenvalue weighted by Crippen LogP contribution is -2.25. The van der Waals surface area contributed by atoms with Crippen LogP contribution in [0.15, 0.2) is 44.0 Å². The lowest BCUT2D eigenvalue weighted by molar-refractivity contribution is 0.398. The van der Waals surface area contributed by atoms with Crippen molar-refractivity contribution in [1.29, 1.82) is 0 Å². The van der Waals surface area contributed by atoms with Crippen molar-refractivity contribution < 1.29 is 0 Å². The summed E-state index contributed by atoms with van der Waals surface area (Å²) in [4.78, 5) is 8.79. The second kappa shape index (κ2) is 24.1. The molecule has 1 aromatic carbocycles. The van der Waals surface area contributed by atoms with Gasteiger partial charge in [-0.25, -0.2) is 0 Å². The zero-order chi connectivity index (χ0) is 45.2. The second-order valence-corrected chi connectivity index (χ2v) is 27.1. The summed E-state index contributed by atoms with van der Waals surface area (Å²) in [5, 5.41) is 0. The zero-order valence-corrected chi connectivity index (χ0v) is 47.2. The fourth-order valence-electron chi connectivity index (χ4n) is 11.6. The Kier molecular flexibility index (Phi) is 18.6. The number of aromatic nitrogens is 2. The SMILES string of the molecule is CCCCCCCCC1(CCCCCCCC)c2cc(Br)sc2-c2sc(-c3ccc(-c4cc5c(s4)-c4sc(Br)cc4C5(CCCCCCCC)CCCCCCCC)c4nsnc34)cc21. The highest BCUT2D eigenvalue weighted by Crippen LogP contribution is 2.63. The van der Waals surface area contributed by atoms with E-state index in [1.54, 1.807) is 22.3 Å². The molecule has 2 aliphatic rings. The van der Waals surface area contributed by atoms with Crippen LogP contribution < -0.4 is 0 Å². The molecule has 5 heterocycles. The van der Waals surface area contributed by atoms with Gasteiger partial charge < -0.3 is 0 Å². The van der Waals surface area contributed by atoms with E-state index < -0.39 is 0 Å². The third-order valence-electron chi connectivity index (χ3n) is 15.1. The van der Waals surface area contributed by atoms with Gasteiger partial charge in [0, 0.05) is 51.2 Å². The molecular formula is C56H74Br2N2S5. The molecule has 2 nitrogen and oxygen atoms in total. The summed E-state index contributed by atoms with van der Waals surface area (Å²) >= 11 is 17.3. The van der Waals surface area contributed by atoms with Gasteiger partial charge in [0.15, 0.2) is 0 Å². The second-order valence-electron chi connectivity index (χ2n) is 19.7. The third kappa shape index (κ3) is 10.9. The van der Waals surface area contributed by atoms with Crippen LogP contribution in [0.1, 0.15) is 230 Å². The van der Waals surface area contributed by atoms with Crippen LogP contribution in [0.3, 0.4) is 0 Å². The van der Waals surface area contributed by atoms with Gasteiger partial charge in [-0.15, -0.1) is 45.3 Å². The van der Waals surface area contributed by atoms with Crippen LogP contribution in [0.4, 0.5) is 0 Å². The number of thiophene rings is 4. The predicted octanol–water partition coefficient (Wildman–Crippen LogP) is 22.3. The lowest BCUT2D eigenvalue weighted by atomic mass is 9.71. The van der Waals surface area contributed by atoms with E-state index in [0.717, 1.165) is 11.0 Å². The molecule has 0 bridgehead atoms. The first-order valence-corrected chi connectivity index (χ1v) is 31.6. The monoisotopic (exact) mass is 1090 g/mol. The molecule has 0 saturated heterocycles. The number of hydrogen-bond donors (Lipinski definition) is 0. The van der Waals surface area contributed by atoms with Gasteiger partial charge in [-0.05, 0) is 104 Å². The number of fused-ring (bicyclic) bond motifs is 7. The number of nitrogens with zero attached hydrogens (tertiary/aromatic N) is 2. The van der Waals surface area contributed by atoms with E-state index in [0.29, 0.717) is 0 Å². The summed E-state index contributed by atoms with van der Waals surface area (Å²) in [6.45, 7) is 9.31. The minimum Gasteiger partial charge on any atom is -0.172 e. The maximum absolute atomic E-state index is 5.13. The summed E-state index contributed by atoms with van der Waals surface area (Å²) in [5.41, 5.74) is 11.3. The lowest BCUT2D eigenvalue weighted by Gasteiger charge is -2.31. The van der Waals surface area contributed by atoms with E-state index in [2.05, 4.69) is 96.0 Å². The molecule has 8 rings (SSSR count). The van der Waals surface area contributed by atoms with E-state index in [-0.39, 0.29) is 10.8 Å². The fraction of sp³-hybridized carbons (Fsp3) is 0.607. The van der Waals surface area contributed by atoms with E-state index in [9.17, 15) is 0 Å². The van der Waals surface area contributed by atoms with Crippen molar-refractivity contribution in [1.82, 2.24) is 8.75 Å². The fourth-order valence-corrected chi connectivity index (χ4v) is 18.4. The van der Waals surface area contributed by atoms with Crippen LogP contribution >= 0.6 is 88.9 Å². The first-order valence-electron chi connectivity index (χ1n) is 26.0. The third-order valence-corrected chi connectivity index (χ3v) is 21.6. The van der Waals surface area contributed by atoms with Crippen molar-refractivity contribution >= 4 is 100.0 Å². The van der Waals surface area contributed by atoms with E-state index in [4.69, 9.17) is 8.75 Å². The van der Waals surface area contributed by atoms with E-state index >= 15 is 0 Å². The van der Waals surface area contributed by atoms with E-state index in [1.807, 2.05) is 45.3 Å². The van der Waals surface area contributed by atoms with Crippen molar-refractivity contribution in [2.75, 3.05) is 0 Å². The van der Waals surface area contributed by atoms with E-state index in [1.165, 1.54) is 239 Å². The standard InChI is InChI=1S/C56H74Br2N2S5/c1-5-9-13-17-21-25-31-55(32-26-22-18-14-10-6-2)41-35-45(61-51(41)53-43(55)37-47(57)63-53)39-29-30-40(50-49(39)59-65-60-50)46-36-42-52(62-46)54-44(38-48(58)64-54)56(42,33-27-23-19-15-11-7-3)34-28-24-20-16-12-8-4/h29-30,35-38H,5-28,31-34H2,1-4H3. The molecule has 0 spiro atoms. The highest BCUT2D eigenvalue weighted by molar-refractivity contribution is 9.11. The average molecular weight is 1100 g/mol. The molecule has 0 fully saturated rings. The Bertz CT molecular complexity index is 2230. The first-order chi connectivity index (χ1) is 31.9. The van der Waals surface area contributed by atoms with Crippen LogP contribution in [-0.4, -0.2) is 8.75 Å². The molecule has 0 saturated carbocycles. The molecule has 0 N–H and O–H groups in total. The number of hydrogen-bond acceptors (Lipinski definition) is 7. The van der Waals surface area contributed by atoms with Crippen LogP contribution in [0, 0.1) is 0 Å². The Hall–Kier alpha value is -1.20. The largest absolute Gasteiger partial charge is 0.172 e. The minimum atomic E-state index is 0.0987. The zero-order valence-electron chi connectivity index (χ0n) is 40.0. The van der Waals surface area contributed by atoms with Crippen molar-refractivity contribution in [3.05, 3.63) is 66.2 Å². The first kappa shape index (κ1) is 50.2. The molecule has 352 valence electrons. The molecule has 9 heteroatoms. The number of rotatable bonds is 30. The van der Waals surface area contributed by atoms with Crippen LogP contribution in [0.25, 0.3) is 51.4 Å². The number of benzene rings is 1. The van der Waals surface area contributed by atoms with Crippen LogP contribution in [0.2, 0.25) is 0 Å². The highest BCUT2D eigenvalue weighted by Gasteiger charge is 2.47. The maximum Gasteiger partial charge on any atom is 0.114 e. The van der Waals surface area contributed by atoms with Crippen LogP contribution in [0.5, 0.6) is 0 Å². The summed E-state index contributed by atoms with van der Waals surface area (Å²) in [6, 6.07) is 15.1. The van der Waals surface area contributed by atoms with Crippen molar-refractivity contribution in [2.24, 2.45) is 0 Å². The maximum atomic E-state index is 5.13. The summed E-state index contributed by atoms with van der Waals surface area (Å²) in [7, 11) is 0. The average Bonchev–Trinajstić information content (AvgIpc) is 4.18. The summed E-state index contributed by atoms with van der Waals surface area (Å²) < 4.78 is 12.8. The normalized spacial score (nSPS) is 14.4. The summed E-state index contributed by atoms with van der Waals surface area (Å²) in [5.74, 6) is 0. The van der Waals surface area contributed by atoms with Gasteiger partial charge >= 0.3 is 0 Å². The molecule has 2 aliphatic carbocycles. The molecule has 0 amide bonds. The van der Waals surface area contributed by atoms with Crippen molar-refractivity contribution in [3.8, 4) is 40.4 Å².